The number of aromatic nitrogens is 3. The minimum atomic E-state index is 0.646. The zero-order chi connectivity index (χ0) is 5.98. The Bertz CT molecular complexity index is 229. The maximum absolute atomic E-state index is 4.79. The van der Waals surface area contributed by atoms with E-state index < -0.39 is 0 Å². The van der Waals surface area contributed by atoms with Crippen molar-refractivity contribution in [3.8, 4) is 0 Å². The standard InChI is InChI=1S/C4H5N3S/c1-7-4(8)2-5-3-6-7/h2-3H,1H3. The van der Waals surface area contributed by atoms with Gasteiger partial charge in [0.25, 0.3) is 0 Å². The minimum absolute atomic E-state index is 0.646. The van der Waals surface area contributed by atoms with Gasteiger partial charge in [-0.1, -0.05) is 12.2 Å². The summed E-state index contributed by atoms with van der Waals surface area (Å²) in [6.07, 6.45) is 3.04. The van der Waals surface area contributed by atoms with Crippen molar-refractivity contribution >= 4 is 12.2 Å². The highest BCUT2D eigenvalue weighted by molar-refractivity contribution is 7.71. The Labute approximate surface area is 52.0 Å². The zero-order valence-corrected chi connectivity index (χ0v) is 5.22. The Morgan fingerprint density at radius 1 is 1.75 bits per heavy atom. The van der Waals surface area contributed by atoms with Gasteiger partial charge in [0.05, 0.1) is 6.20 Å². The monoisotopic (exact) mass is 127 g/mol. The molecule has 0 aromatic carbocycles. The molecule has 0 aliphatic rings. The summed E-state index contributed by atoms with van der Waals surface area (Å²) in [6.45, 7) is 0. The molecule has 1 aromatic rings. The van der Waals surface area contributed by atoms with Crippen molar-refractivity contribution in [2.45, 2.75) is 0 Å². The predicted molar refractivity (Wildman–Crippen MR) is 31.8 cm³/mol. The fraction of sp³-hybridized carbons (Fsp3) is 0.250. The lowest BCUT2D eigenvalue weighted by Crippen LogP contribution is -1.96. The second-order valence-corrected chi connectivity index (χ2v) is 1.79. The van der Waals surface area contributed by atoms with E-state index in [1.54, 1.807) is 17.9 Å². The normalized spacial score (nSPS) is 9.12. The second-order valence-electron chi connectivity index (χ2n) is 1.37. The molecular formula is C4H5N3S. The van der Waals surface area contributed by atoms with E-state index >= 15 is 0 Å². The Morgan fingerprint density at radius 2 is 2.50 bits per heavy atom. The highest BCUT2D eigenvalue weighted by Crippen LogP contribution is 1.78. The fourth-order valence-corrected chi connectivity index (χ4v) is 0.453. The highest BCUT2D eigenvalue weighted by Gasteiger charge is 1.77. The Balaban J connectivity index is 3.35. The Kier molecular flexibility index (Phi) is 1.34. The first-order valence-electron chi connectivity index (χ1n) is 2.14. The molecule has 0 fully saturated rings. The third kappa shape index (κ3) is 0.894. The van der Waals surface area contributed by atoms with Gasteiger partial charge in [-0.05, 0) is 0 Å². The molecule has 1 aromatic heterocycles. The number of rotatable bonds is 0. The lowest BCUT2D eigenvalue weighted by Gasteiger charge is -1.89. The Morgan fingerprint density at radius 3 is 2.88 bits per heavy atom. The Hall–Kier alpha value is -0.770. The molecule has 0 N–H and O–H groups in total. The van der Waals surface area contributed by atoms with Crippen LogP contribution < -0.4 is 0 Å². The minimum Gasteiger partial charge on any atom is -0.255 e. The second kappa shape index (κ2) is 2.00. The highest BCUT2D eigenvalue weighted by atomic mass is 32.1. The first-order valence-corrected chi connectivity index (χ1v) is 2.55. The van der Waals surface area contributed by atoms with E-state index in [4.69, 9.17) is 12.2 Å². The smallest absolute Gasteiger partial charge is 0.140 e. The van der Waals surface area contributed by atoms with Gasteiger partial charge in [-0.25, -0.2) is 4.98 Å². The van der Waals surface area contributed by atoms with Gasteiger partial charge in [-0.15, -0.1) is 0 Å². The molecule has 1 rings (SSSR count). The van der Waals surface area contributed by atoms with Crippen LogP contribution in [0, 0.1) is 4.64 Å². The number of nitrogens with zero attached hydrogens (tertiary/aromatic N) is 3. The van der Waals surface area contributed by atoms with Gasteiger partial charge in [-0.2, -0.15) is 5.10 Å². The zero-order valence-electron chi connectivity index (χ0n) is 4.40. The number of aryl methyl sites for hydroxylation is 1. The van der Waals surface area contributed by atoms with Crippen molar-refractivity contribution in [3.05, 3.63) is 17.2 Å². The molecule has 0 bridgehead atoms. The van der Waals surface area contributed by atoms with Gasteiger partial charge in [0.15, 0.2) is 0 Å². The van der Waals surface area contributed by atoms with Crippen molar-refractivity contribution < 1.29 is 0 Å². The van der Waals surface area contributed by atoms with Crippen LogP contribution in [-0.4, -0.2) is 14.8 Å². The van der Waals surface area contributed by atoms with Crippen molar-refractivity contribution in [2.24, 2.45) is 7.05 Å². The lowest BCUT2D eigenvalue weighted by molar-refractivity contribution is 0.707. The van der Waals surface area contributed by atoms with E-state index in [1.165, 1.54) is 6.33 Å². The lowest BCUT2D eigenvalue weighted by atomic mass is 10.9. The SMILES string of the molecule is Cn1ncncc1=S. The van der Waals surface area contributed by atoms with Crippen LogP contribution in [0.5, 0.6) is 0 Å². The average molecular weight is 127 g/mol. The molecule has 0 saturated carbocycles. The summed E-state index contributed by atoms with van der Waals surface area (Å²) in [5.74, 6) is 0. The van der Waals surface area contributed by atoms with Crippen LogP contribution in [0.15, 0.2) is 12.5 Å². The van der Waals surface area contributed by atoms with Crippen LogP contribution >= 0.6 is 12.2 Å². The van der Waals surface area contributed by atoms with Crippen LogP contribution in [0.3, 0.4) is 0 Å². The summed E-state index contributed by atoms with van der Waals surface area (Å²) in [6, 6.07) is 0. The molecule has 0 spiro atoms. The number of hydrogen-bond donors (Lipinski definition) is 0. The van der Waals surface area contributed by atoms with Crippen LogP contribution in [-0.2, 0) is 7.05 Å². The van der Waals surface area contributed by atoms with Gasteiger partial charge in [-0.3, -0.25) is 4.68 Å². The van der Waals surface area contributed by atoms with Gasteiger partial charge < -0.3 is 0 Å². The third-order valence-electron chi connectivity index (χ3n) is 0.795. The van der Waals surface area contributed by atoms with E-state index in [1.807, 2.05) is 0 Å². The van der Waals surface area contributed by atoms with Crippen molar-refractivity contribution in [1.82, 2.24) is 14.8 Å². The van der Waals surface area contributed by atoms with Crippen LogP contribution in [0.1, 0.15) is 0 Å². The van der Waals surface area contributed by atoms with E-state index in [-0.39, 0.29) is 0 Å². The van der Waals surface area contributed by atoms with Gasteiger partial charge >= 0.3 is 0 Å². The van der Waals surface area contributed by atoms with Crippen molar-refractivity contribution in [2.75, 3.05) is 0 Å². The molecule has 0 saturated heterocycles. The third-order valence-corrected chi connectivity index (χ3v) is 1.17. The number of hydrogen-bond acceptors (Lipinski definition) is 3. The predicted octanol–water partition coefficient (Wildman–Crippen LogP) is 0.545. The molecule has 0 unspecified atom stereocenters. The fourth-order valence-electron chi connectivity index (χ4n) is 0.345. The molecule has 0 aliphatic carbocycles. The summed E-state index contributed by atoms with van der Waals surface area (Å²) in [5, 5.41) is 3.78. The van der Waals surface area contributed by atoms with Crippen LogP contribution in [0.25, 0.3) is 0 Å². The van der Waals surface area contributed by atoms with Crippen molar-refractivity contribution in [3.63, 3.8) is 0 Å². The van der Waals surface area contributed by atoms with E-state index in [0.29, 0.717) is 4.64 Å². The molecule has 42 valence electrons. The first kappa shape index (κ1) is 5.37. The quantitative estimate of drug-likeness (QED) is 0.477. The maximum Gasteiger partial charge on any atom is 0.140 e. The van der Waals surface area contributed by atoms with Gasteiger partial charge in [0.1, 0.15) is 11.0 Å². The van der Waals surface area contributed by atoms with E-state index in [9.17, 15) is 0 Å². The molecular weight excluding hydrogens is 122 g/mol. The average Bonchev–Trinajstić information content (AvgIpc) is 1.77. The molecule has 8 heavy (non-hydrogen) atoms. The van der Waals surface area contributed by atoms with Gasteiger partial charge in [0, 0.05) is 7.05 Å². The summed E-state index contributed by atoms with van der Waals surface area (Å²) in [7, 11) is 1.78. The molecule has 0 radical (unpaired) electrons. The summed E-state index contributed by atoms with van der Waals surface area (Å²) in [4.78, 5) is 3.71. The molecule has 3 nitrogen and oxygen atoms in total. The molecule has 1 heterocycles. The van der Waals surface area contributed by atoms with E-state index in [2.05, 4.69) is 10.1 Å². The van der Waals surface area contributed by atoms with Crippen LogP contribution in [0.2, 0.25) is 0 Å². The molecule has 0 atom stereocenters. The largest absolute Gasteiger partial charge is 0.255 e. The first-order chi connectivity index (χ1) is 3.80. The van der Waals surface area contributed by atoms with Gasteiger partial charge in [0.2, 0.25) is 0 Å². The summed E-state index contributed by atoms with van der Waals surface area (Å²) < 4.78 is 2.23. The van der Waals surface area contributed by atoms with Crippen molar-refractivity contribution in [1.29, 1.82) is 0 Å². The van der Waals surface area contributed by atoms with E-state index in [0.717, 1.165) is 0 Å². The topological polar surface area (TPSA) is 30.7 Å². The summed E-state index contributed by atoms with van der Waals surface area (Å²) >= 11 is 4.79. The summed E-state index contributed by atoms with van der Waals surface area (Å²) in [5.41, 5.74) is 0. The molecule has 4 heteroatoms. The molecule has 0 aliphatic heterocycles. The molecule has 0 amide bonds. The van der Waals surface area contributed by atoms with Crippen LogP contribution in [0.4, 0.5) is 0 Å². The maximum atomic E-state index is 4.79.